The number of nitrogens with zero attached hydrogens (tertiary/aromatic N) is 2. The Balaban J connectivity index is 1.77. The maximum Gasteiger partial charge on any atom is 0.191 e. The third-order valence-electron chi connectivity index (χ3n) is 4.91. The number of benzene rings is 1. The molecule has 0 saturated carbocycles. The Bertz CT molecular complexity index is 571. The van der Waals surface area contributed by atoms with E-state index in [0.29, 0.717) is 0 Å². The summed E-state index contributed by atoms with van der Waals surface area (Å²) in [6, 6.07) is 8.13. The fourth-order valence-electron chi connectivity index (χ4n) is 3.41. The molecule has 0 radical (unpaired) electrons. The standard InChI is InChI=1S/C20H33ClN4/c1-5-25-10-9-17(14-25)13-23-19(22-4)24-15-20(2,3)12-16-7-6-8-18(21)11-16/h6-8,11,17H,5,9-10,12-15H2,1-4H3,(H2,22,23,24). The van der Waals surface area contributed by atoms with E-state index in [2.05, 4.69) is 53.4 Å². The minimum Gasteiger partial charge on any atom is -0.356 e. The molecule has 1 aliphatic heterocycles. The molecular formula is C20H33ClN4. The Morgan fingerprint density at radius 2 is 2.16 bits per heavy atom. The van der Waals surface area contributed by atoms with Gasteiger partial charge in [-0.25, -0.2) is 0 Å². The Kier molecular flexibility index (Phi) is 7.57. The monoisotopic (exact) mass is 364 g/mol. The highest BCUT2D eigenvalue weighted by atomic mass is 35.5. The molecule has 2 N–H and O–H groups in total. The lowest BCUT2D eigenvalue weighted by atomic mass is 9.86. The number of hydrogen-bond acceptors (Lipinski definition) is 2. The highest BCUT2D eigenvalue weighted by Crippen LogP contribution is 2.22. The van der Waals surface area contributed by atoms with Crippen LogP contribution in [0.15, 0.2) is 29.3 Å². The summed E-state index contributed by atoms with van der Waals surface area (Å²) in [6.45, 7) is 12.2. The average molecular weight is 365 g/mol. The smallest absolute Gasteiger partial charge is 0.191 e. The second-order valence-electron chi connectivity index (χ2n) is 7.83. The van der Waals surface area contributed by atoms with Gasteiger partial charge in [-0.15, -0.1) is 0 Å². The lowest BCUT2D eigenvalue weighted by molar-refractivity contribution is 0.340. The van der Waals surface area contributed by atoms with Gasteiger partial charge in [0, 0.05) is 31.7 Å². The summed E-state index contributed by atoms with van der Waals surface area (Å²) in [5.74, 6) is 1.62. The number of rotatable bonds is 7. The van der Waals surface area contributed by atoms with E-state index in [9.17, 15) is 0 Å². The van der Waals surface area contributed by atoms with Gasteiger partial charge in [0.2, 0.25) is 0 Å². The molecule has 2 rings (SSSR count). The number of aliphatic imine (C=N–C) groups is 1. The second-order valence-corrected chi connectivity index (χ2v) is 8.26. The topological polar surface area (TPSA) is 39.7 Å². The summed E-state index contributed by atoms with van der Waals surface area (Å²) in [5.41, 5.74) is 1.39. The molecule has 0 aromatic heterocycles. The molecular weight excluding hydrogens is 332 g/mol. The molecule has 5 heteroatoms. The highest BCUT2D eigenvalue weighted by molar-refractivity contribution is 6.30. The van der Waals surface area contributed by atoms with Crippen LogP contribution in [0.5, 0.6) is 0 Å². The van der Waals surface area contributed by atoms with Gasteiger partial charge >= 0.3 is 0 Å². The molecule has 0 aliphatic carbocycles. The van der Waals surface area contributed by atoms with Crippen LogP contribution in [0.4, 0.5) is 0 Å². The zero-order valence-corrected chi connectivity index (χ0v) is 16.9. The molecule has 1 unspecified atom stereocenters. The van der Waals surface area contributed by atoms with E-state index >= 15 is 0 Å². The van der Waals surface area contributed by atoms with Crippen LogP contribution in [0.25, 0.3) is 0 Å². The van der Waals surface area contributed by atoms with Crippen LogP contribution in [-0.2, 0) is 6.42 Å². The van der Waals surface area contributed by atoms with E-state index in [1.165, 1.54) is 25.1 Å². The quantitative estimate of drug-likeness (QED) is 0.575. The zero-order chi connectivity index (χ0) is 18.3. The van der Waals surface area contributed by atoms with Crippen LogP contribution in [0, 0.1) is 11.3 Å². The first kappa shape index (κ1) is 20.1. The van der Waals surface area contributed by atoms with Crippen molar-refractivity contribution < 1.29 is 0 Å². The minimum absolute atomic E-state index is 0.120. The maximum absolute atomic E-state index is 6.10. The highest BCUT2D eigenvalue weighted by Gasteiger charge is 2.22. The molecule has 1 saturated heterocycles. The van der Waals surface area contributed by atoms with Crippen molar-refractivity contribution in [2.75, 3.05) is 39.8 Å². The van der Waals surface area contributed by atoms with Crippen LogP contribution in [0.2, 0.25) is 5.02 Å². The number of halogens is 1. The van der Waals surface area contributed by atoms with E-state index in [1.807, 2.05) is 19.2 Å². The first-order valence-corrected chi connectivity index (χ1v) is 9.71. The van der Waals surface area contributed by atoms with E-state index in [4.69, 9.17) is 11.6 Å². The van der Waals surface area contributed by atoms with Gasteiger partial charge in [0.1, 0.15) is 0 Å². The Morgan fingerprint density at radius 1 is 1.36 bits per heavy atom. The van der Waals surface area contributed by atoms with E-state index in [1.54, 1.807) is 0 Å². The van der Waals surface area contributed by atoms with Crippen LogP contribution in [0.1, 0.15) is 32.8 Å². The lowest BCUT2D eigenvalue weighted by Crippen LogP contribution is -2.44. The summed E-state index contributed by atoms with van der Waals surface area (Å²) in [5, 5.41) is 7.78. The largest absolute Gasteiger partial charge is 0.356 e. The van der Waals surface area contributed by atoms with Crippen molar-refractivity contribution in [1.82, 2.24) is 15.5 Å². The third-order valence-corrected chi connectivity index (χ3v) is 5.14. The Morgan fingerprint density at radius 3 is 2.80 bits per heavy atom. The molecule has 1 aromatic carbocycles. The Hall–Kier alpha value is -1.26. The van der Waals surface area contributed by atoms with Crippen molar-refractivity contribution in [2.45, 2.75) is 33.6 Å². The molecule has 1 fully saturated rings. The SMILES string of the molecule is CCN1CCC(CNC(=NC)NCC(C)(C)Cc2cccc(Cl)c2)C1. The molecule has 1 aromatic rings. The molecule has 0 bridgehead atoms. The third kappa shape index (κ3) is 6.87. The van der Waals surface area contributed by atoms with Gasteiger partial charge in [-0.2, -0.15) is 0 Å². The second kappa shape index (κ2) is 9.44. The average Bonchev–Trinajstić information content (AvgIpc) is 3.02. The molecule has 0 amide bonds. The summed E-state index contributed by atoms with van der Waals surface area (Å²) >= 11 is 6.10. The van der Waals surface area contributed by atoms with E-state index in [-0.39, 0.29) is 5.41 Å². The minimum atomic E-state index is 0.120. The molecule has 1 heterocycles. The zero-order valence-electron chi connectivity index (χ0n) is 16.1. The maximum atomic E-state index is 6.10. The van der Waals surface area contributed by atoms with Gasteiger partial charge in [-0.1, -0.05) is 44.5 Å². The van der Waals surface area contributed by atoms with E-state index in [0.717, 1.165) is 43.0 Å². The lowest BCUT2D eigenvalue weighted by Gasteiger charge is -2.26. The van der Waals surface area contributed by atoms with Crippen molar-refractivity contribution in [3.63, 3.8) is 0 Å². The number of guanidine groups is 1. The molecule has 0 spiro atoms. The molecule has 140 valence electrons. The molecule has 1 aliphatic rings. The van der Waals surface area contributed by atoms with Crippen LogP contribution in [-0.4, -0.2) is 50.6 Å². The molecule has 25 heavy (non-hydrogen) atoms. The predicted molar refractivity (Wildman–Crippen MR) is 109 cm³/mol. The van der Waals surface area contributed by atoms with Crippen LogP contribution in [0.3, 0.4) is 0 Å². The van der Waals surface area contributed by atoms with Crippen molar-refractivity contribution in [1.29, 1.82) is 0 Å². The fourth-order valence-corrected chi connectivity index (χ4v) is 3.63. The van der Waals surface area contributed by atoms with E-state index < -0.39 is 0 Å². The summed E-state index contributed by atoms with van der Waals surface area (Å²) in [4.78, 5) is 6.88. The van der Waals surface area contributed by atoms with Gasteiger partial charge in [0.05, 0.1) is 0 Å². The number of likely N-dealkylation sites (tertiary alicyclic amines) is 1. The van der Waals surface area contributed by atoms with Crippen LogP contribution < -0.4 is 10.6 Å². The predicted octanol–water partition coefficient (Wildman–Crippen LogP) is 3.42. The van der Waals surface area contributed by atoms with Gasteiger partial charge in [0.15, 0.2) is 5.96 Å². The van der Waals surface area contributed by atoms with Gasteiger partial charge < -0.3 is 15.5 Å². The Labute approximate surface area is 158 Å². The van der Waals surface area contributed by atoms with Gasteiger partial charge in [-0.05, 0) is 55.0 Å². The van der Waals surface area contributed by atoms with Gasteiger partial charge in [-0.3, -0.25) is 4.99 Å². The first-order valence-electron chi connectivity index (χ1n) is 9.33. The first-order chi connectivity index (χ1) is 11.9. The summed E-state index contributed by atoms with van der Waals surface area (Å²) < 4.78 is 0. The number of nitrogens with one attached hydrogen (secondary N) is 2. The van der Waals surface area contributed by atoms with Gasteiger partial charge in [0.25, 0.3) is 0 Å². The summed E-state index contributed by atoms with van der Waals surface area (Å²) in [7, 11) is 1.84. The summed E-state index contributed by atoms with van der Waals surface area (Å²) in [6.07, 6.45) is 2.25. The van der Waals surface area contributed by atoms with Crippen molar-refractivity contribution in [3.05, 3.63) is 34.9 Å². The number of hydrogen-bond donors (Lipinski definition) is 2. The molecule has 4 nitrogen and oxygen atoms in total. The van der Waals surface area contributed by atoms with Crippen molar-refractivity contribution in [2.24, 2.45) is 16.3 Å². The molecule has 1 atom stereocenters. The van der Waals surface area contributed by atoms with Crippen molar-refractivity contribution in [3.8, 4) is 0 Å². The van der Waals surface area contributed by atoms with Crippen LogP contribution >= 0.6 is 11.6 Å². The normalized spacial score (nSPS) is 19.2. The van der Waals surface area contributed by atoms with Crippen molar-refractivity contribution >= 4 is 17.6 Å². The fraction of sp³-hybridized carbons (Fsp3) is 0.650.